The molecule has 0 amide bonds. The van der Waals surface area contributed by atoms with Crippen LogP contribution in [0.15, 0.2) is 29.4 Å². The zero-order valence-electron chi connectivity index (χ0n) is 9.81. The van der Waals surface area contributed by atoms with Gasteiger partial charge in [-0.2, -0.15) is 0 Å². The van der Waals surface area contributed by atoms with Crippen LogP contribution < -0.4 is 11.5 Å². The third-order valence-electron chi connectivity index (χ3n) is 2.26. The molecule has 1 unspecified atom stereocenters. The Kier molecular flexibility index (Phi) is 4.79. The lowest BCUT2D eigenvalue weighted by Gasteiger charge is -2.10. The Labute approximate surface area is 96.3 Å². The van der Waals surface area contributed by atoms with E-state index < -0.39 is 0 Å². The molecule has 1 atom stereocenters. The molecule has 0 aliphatic rings. The molecule has 88 valence electrons. The molecular formula is C12H19N3O. The van der Waals surface area contributed by atoms with Crippen molar-refractivity contribution in [3.05, 3.63) is 35.4 Å². The molecule has 16 heavy (non-hydrogen) atoms. The van der Waals surface area contributed by atoms with Crippen LogP contribution in [0.5, 0.6) is 0 Å². The molecule has 0 aliphatic carbocycles. The lowest BCUT2D eigenvalue weighted by Crippen LogP contribution is -2.09. The average molecular weight is 221 g/mol. The van der Waals surface area contributed by atoms with Crippen LogP contribution in [0, 0.1) is 0 Å². The number of nitrogens with zero attached hydrogens (tertiary/aromatic N) is 1. The number of nitrogens with two attached hydrogens (primary N) is 2. The molecule has 4 nitrogen and oxygen atoms in total. The van der Waals surface area contributed by atoms with Crippen LogP contribution in [0.1, 0.15) is 37.4 Å². The monoisotopic (exact) mass is 221 g/mol. The molecule has 4 heteroatoms. The number of benzene rings is 1. The van der Waals surface area contributed by atoms with Crippen molar-refractivity contribution < 1.29 is 4.84 Å². The summed E-state index contributed by atoms with van der Waals surface area (Å²) in [5, 5.41) is 3.68. The molecular weight excluding hydrogens is 202 g/mol. The van der Waals surface area contributed by atoms with Crippen LogP contribution in [-0.4, -0.2) is 5.84 Å². The molecule has 0 radical (unpaired) electrons. The third kappa shape index (κ3) is 3.90. The Bertz CT molecular complexity index is 359. The molecule has 1 rings (SSSR count). The summed E-state index contributed by atoms with van der Waals surface area (Å²) in [6.07, 6.45) is 0.921. The zero-order chi connectivity index (χ0) is 12.0. The minimum atomic E-state index is 0.0831. The topological polar surface area (TPSA) is 73.6 Å². The van der Waals surface area contributed by atoms with Crippen LogP contribution in [0.25, 0.3) is 0 Å². The van der Waals surface area contributed by atoms with E-state index >= 15 is 0 Å². The smallest absolute Gasteiger partial charge is 0.142 e. The summed E-state index contributed by atoms with van der Waals surface area (Å²) >= 11 is 0. The van der Waals surface area contributed by atoms with Gasteiger partial charge in [-0.25, -0.2) is 0 Å². The standard InChI is InChI=1S/C12H19N3O/c1-3-12(14)11-6-4-5-10(7-11)8-16-15-9(2)13/h4-7,12H,3,8,14H2,1-2H3,(H2,13,15). The van der Waals surface area contributed by atoms with E-state index in [9.17, 15) is 0 Å². The SMILES string of the molecule is CCC(N)c1cccc(CO/N=C(/C)N)c1. The Morgan fingerprint density at radius 2 is 2.25 bits per heavy atom. The molecule has 0 spiro atoms. The van der Waals surface area contributed by atoms with E-state index in [1.165, 1.54) is 0 Å². The second kappa shape index (κ2) is 6.12. The van der Waals surface area contributed by atoms with Gasteiger partial charge in [0.1, 0.15) is 12.4 Å². The maximum absolute atomic E-state index is 5.95. The lowest BCUT2D eigenvalue weighted by atomic mass is 10.0. The van der Waals surface area contributed by atoms with Gasteiger partial charge in [0, 0.05) is 6.04 Å². The van der Waals surface area contributed by atoms with Crippen molar-refractivity contribution in [3.8, 4) is 0 Å². The zero-order valence-corrected chi connectivity index (χ0v) is 9.81. The van der Waals surface area contributed by atoms with Crippen molar-refractivity contribution in [1.82, 2.24) is 0 Å². The highest BCUT2D eigenvalue weighted by Crippen LogP contribution is 2.15. The van der Waals surface area contributed by atoms with Crippen LogP contribution in [-0.2, 0) is 11.4 Å². The summed E-state index contributed by atoms with van der Waals surface area (Å²) in [6.45, 7) is 4.16. The van der Waals surface area contributed by atoms with E-state index in [1.807, 2.05) is 24.3 Å². The second-order valence-electron chi connectivity index (χ2n) is 3.77. The molecule has 0 fully saturated rings. The molecule has 4 N–H and O–H groups in total. The van der Waals surface area contributed by atoms with E-state index in [0.717, 1.165) is 17.5 Å². The average Bonchev–Trinajstić information content (AvgIpc) is 2.28. The summed E-state index contributed by atoms with van der Waals surface area (Å²) in [5.41, 5.74) is 13.5. The first-order chi connectivity index (χ1) is 7.63. The summed E-state index contributed by atoms with van der Waals surface area (Å²) in [4.78, 5) is 5.07. The molecule has 0 aromatic heterocycles. The minimum absolute atomic E-state index is 0.0831. The molecule has 0 heterocycles. The summed E-state index contributed by atoms with van der Waals surface area (Å²) in [6, 6.07) is 8.10. The first-order valence-corrected chi connectivity index (χ1v) is 5.40. The predicted molar refractivity (Wildman–Crippen MR) is 65.7 cm³/mol. The second-order valence-corrected chi connectivity index (χ2v) is 3.77. The maximum atomic E-state index is 5.95. The Morgan fingerprint density at radius 1 is 1.50 bits per heavy atom. The van der Waals surface area contributed by atoms with Gasteiger partial charge in [-0.15, -0.1) is 0 Å². The lowest BCUT2D eigenvalue weighted by molar-refractivity contribution is 0.130. The van der Waals surface area contributed by atoms with E-state index in [4.69, 9.17) is 16.3 Å². The highest BCUT2D eigenvalue weighted by molar-refractivity contribution is 5.76. The highest BCUT2D eigenvalue weighted by Gasteiger charge is 2.03. The normalized spacial score (nSPS) is 13.6. The van der Waals surface area contributed by atoms with Gasteiger partial charge in [0.2, 0.25) is 0 Å². The molecule has 0 bridgehead atoms. The number of hydrogen-bond acceptors (Lipinski definition) is 3. The quantitative estimate of drug-likeness (QED) is 0.453. The van der Waals surface area contributed by atoms with Crippen LogP contribution in [0.4, 0.5) is 0 Å². The number of amidine groups is 1. The number of hydrogen-bond donors (Lipinski definition) is 2. The molecule has 0 saturated carbocycles. The largest absolute Gasteiger partial charge is 0.390 e. The van der Waals surface area contributed by atoms with Crippen molar-refractivity contribution in [2.45, 2.75) is 32.9 Å². The van der Waals surface area contributed by atoms with Gasteiger partial charge >= 0.3 is 0 Å². The van der Waals surface area contributed by atoms with Crippen LogP contribution in [0.3, 0.4) is 0 Å². The van der Waals surface area contributed by atoms with Crippen molar-refractivity contribution in [1.29, 1.82) is 0 Å². The van der Waals surface area contributed by atoms with Gasteiger partial charge in [0.15, 0.2) is 0 Å². The van der Waals surface area contributed by atoms with E-state index in [2.05, 4.69) is 12.1 Å². The van der Waals surface area contributed by atoms with Crippen molar-refractivity contribution in [2.75, 3.05) is 0 Å². The fraction of sp³-hybridized carbons (Fsp3) is 0.417. The maximum Gasteiger partial charge on any atom is 0.142 e. The van der Waals surface area contributed by atoms with E-state index in [0.29, 0.717) is 12.4 Å². The van der Waals surface area contributed by atoms with E-state index in [-0.39, 0.29) is 6.04 Å². The highest BCUT2D eigenvalue weighted by atomic mass is 16.6. The van der Waals surface area contributed by atoms with Gasteiger partial charge in [0.05, 0.1) is 0 Å². The fourth-order valence-electron chi connectivity index (χ4n) is 1.36. The molecule has 0 saturated heterocycles. The predicted octanol–water partition coefficient (Wildman–Crippen LogP) is 1.91. The Balaban J connectivity index is 2.64. The third-order valence-corrected chi connectivity index (χ3v) is 2.26. The first-order valence-electron chi connectivity index (χ1n) is 5.40. The van der Waals surface area contributed by atoms with Crippen LogP contribution in [0.2, 0.25) is 0 Å². The van der Waals surface area contributed by atoms with E-state index in [1.54, 1.807) is 6.92 Å². The summed E-state index contributed by atoms with van der Waals surface area (Å²) in [7, 11) is 0. The van der Waals surface area contributed by atoms with Gasteiger partial charge < -0.3 is 16.3 Å². The Hall–Kier alpha value is -1.55. The minimum Gasteiger partial charge on any atom is -0.390 e. The fourth-order valence-corrected chi connectivity index (χ4v) is 1.36. The number of rotatable bonds is 5. The first kappa shape index (κ1) is 12.5. The molecule has 1 aromatic rings. The number of oxime groups is 1. The van der Waals surface area contributed by atoms with Gasteiger partial charge in [-0.3, -0.25) is 0 Å². The van der Waals surface area contributed by atoms with Gasteiger partial charge in [-0.1, -0.05) is 36.3 Å². The van der Waals surface area contributed by atoms with Crippen molar-refractivity contribution in [2.24, 2.45) is 16.6 Å². The van der Waals surface area contributed by atoms with Crippen molar-refractivity contribution >= 4 is 5.84 Å². The summed E-state index contributed by atoms with van der Waals surface area (Å²) < 4.78 is 0. The van der Waals surface area contributed by atoms with Gasteiger partial charge in [-0.05, 0) is 24.5 Å². The Morgan fingerprint density at radius 3 is 2.88 bits per heavy atom. The summed E-state index contributed by atoms with van der Waals surface area (Å²) in [5.74, 6) is 0.418. The van der Waals surface area contributed by atoms with Crippen LogP contribution >= 0.6 is 0 Å². The molecule has 1 aromatic carbocycles. The van der Waals surface area contributed by atoms with Gasteiger partial charge in [0.25, 0.3) is 0 Å². The van der Waals surface area contributed by atoms with Crippen molar-refractivity contribution in [3.63, 3.8) is 0 Å². The molecule has 0 aliphatic heterocycles.